The van der Waals surface area contributed by atoms with E-state index in [1.807, 2.05) is 30.3 Å². The number of aliphatic hydroxyl groups is 1. The fourth-order valence-electron chi connectivity index (χ4n) is 3.21. The number of carboxylic acids is 1. The zero-order chi connectivity index (χ0) is 22.6. The summed E-state index contributed by atoms with van der Waals surface area (Å²) in [6.07, 6.45) is -2.34. The number of hydrogen-bond donors (Lipinski definition) is 4. The first-order valence-corrected chi connectivity index (χ1v) is 9.33. The van der Waals surface area contributed by atoms with Crippen LogP contribution in [0.4, 0.5) is 13.2 Å². The third-order valence-corrected chi connectivity index (χ3v) is 4.83. The van der Waals surface area contributed by atoms with Gasteiger partial charge in [-0.15, -0.1) is 0 Å². The summed E-state index contributed by atoms with van der Waals surface area (Å²) >= 11 is 0. The molecule has 0 spiro atoms. The molecule has 9 nitrogen and oxygen atoms in total. The Bertz CT molecular complexity index is 1110. The molecule has 12 heteroatoms. The van der Waals surface area contributed by atoms with Crippen LogP contribution < -0.4 is 10.9 Å². The van der Waals surface area contributed by atoms with Crippen molar-refractivity contribution in [1.29, 1.82) is 0 Å². The monoisotopic (exact) mass is 439 g/mol. The zero-order valence-corrected chi connectivity index (χ0v) is 16.2. The predicted octanol–water partition coefficient (Wildman–Crippen LogP) is 1.53. The highest BCUT2D eigenvalue weighted by Gasteiger charge is 2.38. The Kier molecular flexibility index (Phi) is 6.41. The molecule has 1 aromatic carbocycles. The van der Waals surface area contributed by atoms with Crippen molar-refractivity contribution >= 4 is 17.0 Å². The van der Waals surface area contributed by atoms with Gasteiger partial charge in [0.05, 0.1) is 18.5 Å². The van der Waals surface area contributed by atoms with Gasteiger partial charge in [-0.25, -0.2) is 9.78 Å². The summed E-state index contributed by atoms with van der Waals surface area (Å²) in [4.78, 5) is 26.0. The van der Waals surface area contributed by atoms with Crippen LogP contribution in [0, 0.1) is 0 Å². The molecule has 4 rings (SSSR count). The molecule has 0 radical (unpaired) electrons. The number of aliphatic carboxylic acids is 1. The number of rotatable bonds is 3. The van der Waals surface area contributed by atoms with Crippen LogP contribution >= 0.6 is 0 Å². The lowest BCUT2D eigenvalue weighted by atomic mass is 9.92. The second-order valence-corrected chi connectivity index (χ2v) is 7.12. The van der Waals surface area contributed by atoms with Crippen molar-refractivity contribution in [1.82, 2.24) is 25.1 Å². The van der Waals surface area contributed by atoms with E-state index < -0.39 is 17.7 Å². The van der Waals surface area contributed by atoms with Crippen LogP contribution in [0.2, 0.25) is 0 Å². The van der Waals surface area contributed by atoms with Gasteiger partial charge in [0, 0.05) is 5.56 Å². The minimum absolute atomic E-state index is 0.207. The summed E-state index contributed by atoms with van der Waals surface area (Å²) in [6, 6.07) is 9.63. The maximum absolute atomic E-state index is 12.7. The van der Waals surface area contributed by atoms with E-state index in [4.69, 9.17) is 9.90 Å². The highest BCUT2D eigenvalue weighted by molar-refractivity contribution is 5.88. The van der Waals surface area contributed by atoms with Crippen LogP contribution in [0.5, 0.6) is 0 Å². The molecule has 0 aliphatic carbocycles. The Labute approximate surface area is 173 Å². The van der Waals surface area contributed by atoms with Crippen LogP contribution in [0.1, 0.15) is 12.8 Å². The minimum Gasteiger partial charge on any atom is -0.475 e. The lowest BCUT2D eigenvalue weighted by Gasteiger charge is -2.32. The number of hydrogen-bond acceptors (Lipinski definition) is 6. The molecule has 2 aromatic heterocycles. The number of nitrogens with one attached hydrogen (secondary N) is 2. The van der Waals surface area contributed by atoms with Crippen molar-refractivity contribution in [2.45, 2.75) is 31.2 Å². The Morgan fingerprint density at radius 3 is 2.39 bits per heavy atom. The Morgan fingerprint density at radius 1 is 1.19 bits per heavy atom. The van der Waals surface area contributed by atoms with Gasteiger partial charge in [0.15, 0.2) is 0 Å². The first kappa shape index (κ1) is 22.4. The van der Waals surface area contributed by atoms with Crippen molar-refractivity contribution in [2.75, 3.05) is 13.1 Å². The first-order valence-electron chi connectivity index (χ1n) is 9.33. The maximum Gasteiger partial charge on any atom is 0.490 e. The molecular formula is C19H20F3N5O4. The summed E-state index contributed by atoms with van der Waals surface area (Å²) in [7, 11) is 0. The van der Waals surface area contributed by atoms with E-state index in [9.17, 15) is 23.1 Å². The van der Waals surface area contributed by atoms with Gasteiger partial charge in [0.1, 0.15) is 16.7 Å². The molecule has 1 saturated heterocycles. The number of carbonyl (C=O) groups is 1. The molecule has 1 aliphatic rings. The molecule has 1 aliphatic heterocycles. The lowest BCUT2D eigenvalue weighted by molar-refractivity contribution is -0.192. The molecule has 31 heavy (non-hydrogen) atoms. The van der Waals surface area contributed by atoms with Gasteiger partial charge < -0.3 is 15.5 Å². The van der Waals surface area contributed by atoms with E-state index in [0.29, 0.717) is 29.6 Å². The summed E-state index contributed by atoms with van der Waals surface area (Å²) in [6.45, 7) is 1.75. The van der Waals surface area contributed by atoms with Crippen LogP contribution in [-0.2, 0) is 11.3 Å². The van der Waals surface area contributed by atoms with E-state index in [1.54, 1.807) is 0 Å². The molecule has 0 saturated carbocycles. The van der Waals surface area contributed by atoms with E-state index in [-0.39, 0.29) is 12.1 Å². The number of fused-ring (bicyclic) bond motifs is 1. The largest absolute Gasteiger partial charge is 0.490 e. The van der Waals surface area contributed by atoms with Gasteiger partial charge in [-0.1, -0.05) is 30.3 Å². The lowest BCUT2D eigenvalue weighted by Crippen LogP contribution is -2.46. The number of alkyl halides is 3. The molecule has 0 unspecified atom stereocenters. The van der Waals surface area contributed by atoms with Crippen LogP contribution in [-0.4, -0.2) is 60.8 Å². The molecule has 3 heterocycles. The van der Waals surface area contributed by atoms with Gasteiger partial charge in [-0.3, -0.25) is 14.5 Å². The number of piperidine rings is 1. The van der Waals surface area contributed by atoms with Gasteiger partial charge in [0.25, 0.3) is 5.56 Å². The number of carboxylic acid groups (broad SMARTS) is 1. The first-order chi connectivity index (χ1) is 14.6. The van der Waals surface area contributed by atoms with E-state index in [1.165, 1.54) is 10.9 Å². The SMILES string of the molecule is O=C(O)C(F)(F)F.O=c1c2[nH]nc(-c3ccccc3)c2ncn1CC1(O)CCNCC1. The summed E-state index contributed by atoms with van der Waals surface area (Å²) in [5.74, 6) is -2.76. The number of aromatic nitrogens is 4. The highest BCUT2D eigenvalue weighted by atomic mass is 19.4. The summed E-state index contributed by atoms with van der Waals surface area (Å²) in [5.41, 5.74) is 1.42. The third kappa shape index (κ3) is 5.27. The fraction of sp³-hybridized carbons (Fsp3) is 0.368. The second-order valence-electron chi connectivity index (χ2n) is 7.12. The number of halogens is 3. The quantitative estimate of drug-likeness (QED) is 0.486. The fourth-order valence-corrected chi connectivity index (χ4v) is 3.21. The average molecular weight is 439 g/mol. The summed E-state index contributed by atoms with van der Waals surface area (Å²) in [5, 5.41) is 28.1. The number of nitrogens with zero attached hydrogens (tertiary/aromatic N) is 3. The van der Waals surface area contributed by atoms with E-state index >= 15 is 0 Å². The summed E-state index contributed by atoms with van der Waals surface area (Å²) < 4.78 is 33.2. The molecule has 1 fully saturated rings. The number of aromatic amines is 1. The molecular weight excluding hydrogens is 419 g/mol. The molecule has 4 N–H and O–H groups in total. The number of benzene rings is 1. The minimum atomic E-state index is -5.08. The van der Waals surface area contributed by atoms with Gasteiger partial charge in [-0.05, 0) is 25.9 Å². The molecule has 0 atom stereocenters. The standard InChI is InChI=1S/C17H19N5O2.C2HF3O2/c23-16-15-14(13(20-21-15)12-4-2-1-3-5-12)19-11-22(16)10-17(24)6-8-18-9-7-17;3-2(4,5)1(6)7/h1-5,11,18,24H,6-10H2,(H,20,21);(H,6,7). The van der Waals surface area contributed by atoms with E-state index in [0.717, 1.165) is 18.7 Å². The second kappa shape index (κ2) is 8.86. The Hall–Kier alpha value is -3.25. The van der Waals surface area contributed by atoms with Gasteiger partial charge in [-0.2, -0.15) is 18.3 Å². The van der Waals surface area contributed by atoms with Gasteiger partial charge >= 0.3 is 12.1 Å². The van der Waals surface area contributed by atoms with Crippen LogP contribution in [0.25, 0.3) is 22.3 Å². The zero-order valence-electron chi connectivity index (χ0n) is 16.2. The predicted molar refractivity (Wildman–Crippen MR) is 104 cm³/mol. The Balaban J connectivity index is 0.000000339. The van der Waals surface area contributed by atoms with Crippen LogP contribution in [0.3, 0.4) is 0 Å². The smallest absolute Gasteiger partial charge is 0.475 e. The molecule has 166 valence electrons. The van der Waals surface area contributed by atoms with Crippen molar-refractivity contribution in [2.24, 2.45) is 0 Å². The van der Waals surface area contributed by atoms with Crippen molar-refractivity contribution in [3.63, 3.8) is 0 Å². The third-order valence-electron chi connectivity index (χ3n) is 4.83. The average Bonchev–Trinajstić information content (AvgIpc) is 3.16. The van der Waals surface area contributed by atoms with Crippen LogP contribution in [0.15, 0.2) is 41.5 Å². The van der Waals surface area contributed by atoms with Gasteiger partial charge in [0.2, 0.25) is 0 Å². The molecule has 3 aromatic rings. The normalized spacial score (nSPS) is 15.9. The highest BCUT2D eigenvalue weighted by Crippen LogP contribution is 2.23. The number of H-pyrrole nitrogens is 1. The van der Waals surface area contributed by atoms with E-state index in [2.05, 4.69) is 20.5 Å². The topological polar surface area (TPSA) is 133 Å². The van der Waals surface area contributed by atoms with Crippen molar-refractivity contribution in [3.05, 3.63) is 47.0 Å². The Morgan fingerprint density at radius 2 is 1.81 bits per heavy atom. The molecule has 0 bridgehead atoms. The van der Waals surface area contributed by atoms with Crippen molar-refractivity contribution < 1.29 is 28.2 Å². The van der Waals surface area contributed by atoms with Crippen molar-refractivity contribution in [3.8, 4) is 11.3 Å². The maximum atomic E-state index is 12.7. The molecule has 0 amide bonds.